The number of halogens is 1. The third-order valence-electron chi connectivity index (χ3n) is 10.9. The number of carbonyl (C=O) groups excluding carboxylic acids is 1. The molecule has 0 radical (unpaired) electrons. The molecule has 7 aromatic rings. The molecular formula is C47H46FN5O7. The van der Waals surface area contributed by atoms with Crippen molar-refractivity contribution < 1.29 is 28.4 Å². The van der Waals surface area contributed by atoms with E-state index in [0.29, 0.717) is 23.5 Å². The second-order valence-corrected chi connectivity index (χ2v) is 15.0. The molecule has 308 valence electrons. The molecule has 1 fully saturated rings. The first-order valence-electron chi connectivity index (χ1n) is 19.9. The highest BCUT2D eigenvalue weighted by Gasteiger charge is 2.27. The zero-order chi connectivity index (χ0) is 42.2. The minimum absolute atomic E-state index is 0.0345. The van der Waals surface area contributed by atoms with E-state index in [0.717, 1.165) is 67.2 Å². The van der Waals surface area contributed by atoms with Gasteiger partial charge in [0.05, 0.1) is 40.6 Å². The summed E-state index contributed by atoms with van der Waals surface area (Å²) >= 11 is 0. The topological polar surface area (TPSA) is 153 Å². The molecule has 1 saturated heterocycles. The number of aromatic hydroxyl groups is 1. The minimum Gasteiger partial charge on any atom is -0.507 e. The van der Waals surface area contributed by atoms with Crippen LogP contribution in [0.4, 0.5) is 16.0 Å². The lowest BCUT2D eigenvalue weighted by Crippen LogP contribution is -2.40. The monoisotopic (exact) mass is 811 g/mol. The zero-order valence-electron chi connectivity index (χ0n) is 33.4. The van der Waals surface area contributed by atoms with Crippen LogP contribution in [0.5, 0.6) is 11.5 Å². The Labute approximate surface area is 346 Å². The Hall–Kier alpha value is -6.86. The Balaban J connectivity index is 0.000000189. The molecule has 5 aromatic carbocycles. The summed E-state index contributed by atoms with van der Waals surface area (Å²) in [5.74, 6) is 0.371. The molecule has 13 heteroatoms. The SMILES string of the molecule is CC(=O)CC(c1ccc([N+](=O)[O-])cc1)c1c(O)c2ccccc2oc1=O.COc1ccc(CCN2CCC(Nc3nc4ccccc4n3Cc3ccc(F)cc3)CC2)cc1. The Morgan fingerprint density at radius 1 is 0.950 bits per heavy atom. The summed E-state index contributed by atoms with van der Waals surface area (Å²) in [6, 6.07) is 35.7. The number of fused-ring (bicyclic) bond motifs is 2. The van der Waals surface area contributed by atoms with E-state index in [1.807, 2.05) is 42.5 Å². The summed E-state index contributed by atoms with van der Waals surface area (Å²) in [5, 5.41) is 25.5. The number of hydrogen-bond acceptors (Lipinski definition) is 10. The van der Waals surface area contributed by atoms with Gasteiger partial charge >= 0.3 is 5.63 Å². The average molecular weight is 812 g/mol. The molecule has 0 aliphatic carbocycles. The predicted molar refractivity (Wildman–Crippen MR) is 229 cm³/mol. The first-order chi connectivity index (χ1) is 29.1. The number of nitro benzene ring substituents is 1. The molecule has 60 heavy (non-hydrogen) atoms. The lowest BCUT2D eigenvalue weighted by atomic mass is 9.87. The molecule has 2 N–H and O–H groups in total. The van der Waals surface area contributed by atoms with E-state index in [1.54, 1.807) is 31.4 Å². The fourth-order valence-corrected chi connectivity index (χ4v) is 7.64. The lowest BCUT2D eigenvalue weighted by Gasteiger charge is -2.32. The number of Topliss-reactive ketones (excluding diaryl/α,β-unsaturated/α-hetero) is 1. The normalized spacial score (nSPS) is 13.7. The minimum atomic E-state index is -0.769. The highest BCUT2D eigenvalue weighted by Crippen LogP contribution is 2.36. The van der Waals surface area contributed by atoms with E-state index >= 15 is 0 Å². The number of nitrogens with zero attached hydrogens (tertiary/aromatic N) is 4. The molecule has 1 aliphatic rings. The third-order valence-corrected chi connectivity index (χ3v) is 10.9. The molecule has 0 spiro atoms. The number of methoxy groups -OCH3 is 1. The van der Waals surface area contributed by atoms with Crippen LogP contribution < -0.4 is 15.7 Å². The van der Waals surface area contributed by atoms with Gasteiger partial charge in [-0.2, -0.15) is 0 Å². The Kier molecular flexibility index (Phi) is 13.0. The van der Waals surface area contributed by atoms with Crippen LogP contribution in [0.15, 0.2) is 131 Å². The Morgan fingerprint density at radius 2 is 1.62 bits per heavy atom. The van der Waals surface area contributed by atoms with Crippen molar-refractivity contribution in [2.75, 3.05) is 32.1 Å². The summed E-state index contributed by atoms with van der Waals surface area (Å²) in [5.41, 5.74) is 4.32. The summed E-state index contributed by atoms with van der Waals surface area (Å²) in [6.45, 7) is 5.25. The van der Waals surface area contributed by atoms with Gasteiger partial charge in [-0.3, -0.25) is 14.9 Å². The molecule has 1 aliphatic heterocycles. The van der Waals surface area contributed by atoms with Gasteiger partial charge in [0.1, 0.15) is 28.7 Å². The summed E-state index contributed by atoms with van der Waals surface area (Å²) in [6.07, 6.45) is 3.18. The second-order valence-electron chi connectivity index (χ2n) is 15.0. The summed E-state index contributed by atoms with van der Waals surface area (Å²) in [4.78, 5) is 41.9. The van der Waals surface area contributed by atoms with Gasteiger partial charge in [0, 0.05) is 50.1 Å². The van der Waals surface area contributed by atoms with Crippen molar-refractivity contribution >= 4 is 39.4 Å². The third kappa shape index (κ3) is 9.87. The van der Waals surface area contributed by atoms with Gasteiger partial charge in [0.2, 0.25) is 5.95 Å². The van der Waals surface area contributed by atoms with Gasteiger partial charge < -0.3 is 29.0 Å². The Morgan fingerprint density at radius 3 is 2.30 bits per heavy atom. The van der Waals surface area contributed by atoms with Gasteiger partial charge in [-0.1, -0.05) is 60.7 Å². The van der Waals surface area contributed by atoms with Crippen LogP contribution in [-0.2, 0) is 17.8 Å². The van der Waals surface area contributed by atoms with E-state index < -0.39 is 16.5 Å². The number of piperidine rings is 1. The van der Waals surface area contributed by atoms with Gasteiger partial charge in [0.15, 0.2) is 0 Å². The number of anilines is 1. The molecule has 12 nitrogen and oxygen atoms in total. The van der Waals surface area contributed by atoms with E-state index in [4.69, 9.17) is 14.1 Å². The van der Waals surface area contributed by atoms with E-state index in [2.05, 4.69) is 33.0 Å². The summed E-state index contributed by atoms with van der Waals surface area (Å²) < 4.78 is 26.1. The second kappa shape index (κ2) is 18.8. The van der Waals surface area contributed by atoms with Crippen molar-refractivity contribution in [3.8, 4) is 11.5 Å². The van der Waals surface area contributed by atoms with Crippen LogP contribution in [0, 0.1) is 15.9 Å². The number of carbonyl (C=O) groups is 1. The first kappa shape index (κ1) is 41.3. The molecule has 0 bridgehead atoms. The molecule has 2 aromatic heterocycles. The maximum Gasteiger partial charge on any atom is 0.343 e. The number of benzene rings is 5. The standard InChI is InChI=1S/C28H31FN4O.C19H15NO6/c1-34-25-12-8-21(9-13-25)14-17-32-18-15-24(16-19-32)30-28-31-26-4-2-3-5-27(26)33(28)20-22-6-10-23(29)11-7-22;1-11(21)10-15(12-6-8-13(9-7-12)20(24)25)17-18(22)14-4-2-3-5-16(14)26-19(17)23/h2-13,24H,14-20H2,1H3,(H,30,31);2-9,15,22H,10H2,1H3. The van der Waals surface area contributed by atoms with Crippen molar-refractivity contribution in [3.05, 3.63) is 170 Å². The highest BCUT2D eigenvalue weighted by atomic mass is 19.1. The molecule has 0 saturated carbocycles. The fourth-order valence-electron chi connectivity index (χ4n) is 7.64. The average Bonchev–Trinajstić information content (AvgIpc) is 3.60. The van der Waals surface area contributed by atoms with Gasteiger partial charge in [-0.15, -0.1) is 0 Å². The number of imidazole rings is 1. The number of rotatable bonds is 13. The van der Waals surface area contributed by atoms with Crippen LogP contribution in [0.2, 0.25) is 0 Å². The largest absolute Gasteiger partial charge is 0.507 e. The van der Waals surface area contributed by atoms with Crippen LogP contribution in [0.1, 0.15) is 54.4 Å². The van der Waals surface area contributed by atoms with Crippen molar-refractivity contribution in [2.45, 2.75) is 51.1 Å². The fraction of sp³-hybridized carbons (Fsp3) is 0.255. The van der Waals surface area contributed by atoms with Crippen molar-refractivity contribution in [3.63, 3.8) is 0 Å². The van der Waals surface area contributed by atoms with Crippen LogP contribution in [-0.4, -0.2) is 63.0 Å². The quantitative estimate of drug-likeness (QED) is 0.0656. The number of nitrogens with one attached hydrogen (secondary N) is 1. The molecule has 8 rings (SSSR count). The van der Waals surface area contributed by atoms with Gasteiger partial charge in [-0.25, -0.2) is 14.2 Å². The zero-order valence-corrected chi connectivity index (χ0v) is 33.4. The first-order valence-corrected chi connectivity index (χ1v) is 19.9. The van der Waals surface area contributed by atoms with Crippen molar-refractivity contribution in [2.24, 2.45) is 0 Å². The van der Waals surface area contributed by atoms with Gasteiger partial charge in [0.25, 0.3) is 5.69 Å². The van der Waals surface area contributed by atoms with E-state index in [1.165, 1.54) is 48.9 Å². The number of likely N-dealkylation sites (tertiary alicyclic amines) is 1. The lowest BCUT2D eigenvalue weighted by molar-refractivity contribution is -0.384. The summed E-state index contributed by atoms with van der Waals surface area (Å²) in [7, 11) is 1.70. The number of ether oxygens (including phenoxy) is 1. The van der Waals surface area contributed by atoms with Crippen molar-refractivity contribution in [1.82, 2.24) is 14.5 Å². The number of ketones is 1. The van der Waals surface area contributed by atoms with E-state index in [9.17, 15) is 29.2 Å². The molecule has 3 heterocycles. The van der Waals surface area contributed by atoms with E-state index in [-0.39, 0.29) is 40.6 Å². The molecule has 1 unspecified atom stereocenters. The number of nitro groups is 1. The number of non-ortho nitro benzene ring substituents is 1. The molecule has 0 amide bonds. The highest BCUT2D eigenvalue weighted by molar-refractivity contribution is 5.85. The Bertz CT molecular complexity index is 2640. The molecular weight excluding hydrogens is 766 g/mol. The maximum absolute atomic E-state index is 13.4. The maximum atomic E-state index is 13.4. The van der Waals surface area contributed by atoms with Crippen LogP contribution >= 0.6 is 0 Å². The number of hydrogen-bond donors (Lipinski definition) is 2. The molecule has 1 atom stereocenters. The van der Waals surface area contributed by atoms with Crippen LogP contribution in [0.25, 0.3) is 22.0 Å². The predicted octanol–water partition coefficient (Wildman–Crippen LogP) is 8.87. The van der Waals surface area contributed by atoms with Crippen LogP contribution in [0.3, 0.4) is 0 Å². The van der Waals surface area contributed by atoms with Crippen molar-refractivity contribution in [1.29, 1.82) is 0 Å². The number of para-hydroxylation sites is 3. The smallest absolute Gasteiger partial charge is 0.343 e. The number of aromatic nitrogens is 2. The van der Waals surface area contributed by atoms with Gasteiger partial charge in [-0.05, 0) is 91.4 Å².